The van der Waals surface area contributed by atoms with E-state index in [9.17, 15) is 29.1 Å². The number of aliphatic hydroxyl groups is 1. The maximum Gasteiger partial charge on any atom is 0.530 e. The predicted octanol–water partition coefficient (Wildman–Crippen LogP) is 11.2. The third kappa shape index (κ3) is 14.8. The number of hydrogen-bond donors (Lipinski definition) is 5. The number of methoxy groups -OCH3 is 2. The van der Waals surface area contributed by atoms with Crippen LogP contribution >= 0.6 is 31.0 Å². The van der Waals surface area contributed by atoms with E-state index in [0.717, 1.165) is 10.1 Å². The fourth-order valence-electron chi connectivity index (χ4n) is 13.7. The zero-order valence-electron chi connectivity index (χ0n) is 57.1. The zero-order chi connectivity index (χ0) is 73.3. The van der Waals surface area contributed by atoms with Gasteiger partial charge in [-0.05, 0) is 96.3 Å². The summed E-state index contributed by atoms with van der Waals surface area (Å²) in [6.45, 7) is 4.02. The summed E-state index contributed by atoms with van der Waals surface area (Å²) in [5.41, 5.74) is 0.250. The van der Waals surface area contributed by atoms with Crippen LogP contribution in [0.25, 0.3) is 22.3 Å². The molecule has 0 spiro atoms. The molecule has 542 valence electrons. The minimum absolute atomic E-state index is 0.00913. The molecule has 3 aliphatic heterocycles. The van der Waals surface area contributed by atoms with E-state index in [1.54, 1.807) is 99.6 Å². The molecule has 0 saturated carbocycles. The van der Waals surface area contributed by atoms with Crippen molar-refractivity contribution in [3.63, 3.8) is 0 Å². The number of nitrogens with zero attached hydrogens (tertiary/aromatic N) is 8. The van der Waals surface area contributed by atoms with Gasteiger partial charge < -0.3 is 43.4 Å². The number of nitrogens with one attached hydrogen (secondary N) is 4. The number of fused-ring (bicyclic) bond motifs is 2. The first kappa shape index (κ1) is 71.7. The number of amides is 2. The predicted molar refractivity (Wildman–Crippen MR) is 385 cm³/mol. The minimum atomic E-state index is -5.16. The zero-order valence-corrected chi connectivity index (χ0v) is 59.5. The summed E-state index contributed by atoms with van der Waals surface area (Å²) in [5.74, 6) is -2.11. The Morgan fingerprint density at radius 2 is 1.32 bits per heavy atom. The van der Waals surface area contributed by atoms with E-state index in [-0.39, 0.29) is 70.7 Å². The fraction of sp³-hybridized carbons (Fsp3) is 0.297. The van der Waals surface area contributed by atoms with Crippen LogP contribution in [0.3, 0.4) is 0 Å². The van der Waals surface area contributed by atoms with Gasteiger partial charge in [0.25, 0.3) is 17.0 Å². The SMILES string of the molecule is COc1ccc(C(OC[C@@H]2O[C@@H](n3cnc4c(NC(=O)c5ccccc5)ncnc43)C[C@H]2C(c2cccc(Cl)c2)[C@H]2O[C@@H](n3cnc4c(=O)[nH]c(NC(=O)C(C)C)nc43)C[C@@H]2OP(=O)(OC[C@H]2O[C@@H](n3cc(C)c(=O)[nH]c3=O)C[C@@H]2O)Oc2ccccc2Cl)(c2ccccc2)c2ccc(OC)cc2)cc1. The number of phosphoric acid groups is 1. The number of aromatic nitrogens is 10. The second-order valence-electron chi connectivity index (χ2n) is 25.8. The average molecular weight is 1490 g/mol. The van der Waals surface area contributed by atoms with Crippen molar-refractivity contribution in [1.29, 1.82) is 0 Å². The number of benzene rings is 6. The molecule has 11 aromatic rings. The van der Waals surface area contributed by atoms with Crippen LogP contribution in [0.2, 0.25) is 10.0 Å². The lowest BCUT2D eigenvalue weighted by molar-refractivity contribution is -0.118. The highest BCUT2D eigenvalue weighted by atomic mass is 35.5. The molecule has 6 aromatic carbocycles. The highest BCUT2D eigenvalue weighted by Gasteiger charge is 2.54. The molecule has 5 aromatic heterocycles. The van der Waals surface area contributed by atoms with Crippen molar-refractivity contribution in [3.8, 4) is 17.2 Å². The van der Waals surface area contributed by atoms with Gasteiger partial charge in [-0.3, -0.25) is 57.2 Å². The molecule has 8 heterocycles. The maximum atomic E-state index is 16.4. The van der Waals surface area contributed by atoms with E-state index in [1.165, 1.54) is 42.5 Å². The molecule has 0 aliphatic carbocycles. The number of aliphatic hydroxyl groups excluding tert-OH is 1. The molecule has 0 radical (unpaired) electrons. The van der Waals surface area contributed by atoms with E-state index in [4.69, 9.17) is 80.1 Å². The highest BCUT2D eigenvalue weighted by Crippen LogP contribution is 2.58. The van der Waals surface area contributed by atoms with Gasteiger partial charge in [-0.15, -0.1) is 0 Å². The Balaban J connectivity index is 0.922. The highest BCUT2D eigenvalue weighted by molar-refractivity contribution is 7.49. The van der Waals surface area contributed by atoms with Crippen molar-refractivity contribution >= 4 is 76.9 Å². The van der Waals surface area contributed by atoms with Crippen LogP contribution < -0.4 is 41.4 Å². The summed E-state index contributed by atoms with van der Waals surface area (Å²) in [7, 11) is -1.99. The van der Waals surface area contributed by atoms with Crippen molar-refractivity contribution in [2.45, 2.75) is 101 Å². The van der Waals surface area contributed by atoms with E-state index in [2.05, 4.69) is 30.6 Å². The lowest BCUT2D eigenvalue weighted by atomic mass is 9.76. The second kappa shape index (κ2) is 30.5. The van der Waals surface area contributed by atoms with Crippen molar-refractivity contribution in [2.24, 2.45) is 11.8 Å². The Hall–Kier alpha value is -10.2. The Morgan fingerprint density at radius 3 is 2.01 bits per heavy atom. The van der Waals surface area contributed by atoms with Crippen molar-refractivity contribution in [3.05, 3.63) is 258 Å². The molecule has 11 atom stereocenters. The number of para-hydroxylation sites is 1. The van der Waals surface area contributed by atoms with Gasteiger partial charge in [-0.1, -0.05) is 134 Å². The normalized spacial score (nSPS) is 21.2. The molecule has 2 unspecified atom stereocenters. The van der Waals surface area contributed by atoms with Crippen molar-refractivity contribution in [1.82, 2.24) is 48.6 Å². The summed E-state index contributed by atoms with van der Waals surface area (Å²) >= 11 is 13.9. The monoisotopic (exact) mass is 1480 g/mol. The molecule has 3 saturated heterocycles. The smallest absolute Gasteiger partial charge is 0.497 e. The lowest BCUT2D eigenvalue weighted by Gasteiger charge is -2.39. The number of rotatable bonds is 25. The molecule has 2 amide bonds. The van der Waals surface area contributed by atoms with Gasteiger partial charge >= 0.3 is 13.5 Å². The standard InChI is InChI=1S/C74H71Cl2N12O16P/c1-41(2)68(90)83-72-82-67-63(71(93)84-72)80-40-88(67)60-34-55(104-105(95,103-54-22-13-12-21-52(54)76)99-37-57-53(89)33-59(101-57)86-35-42(3)69(91)85-73(86)94)64(102-60)61(44-17-14-20-48(75)31-44)51-32-58(87-39-79-62-65(77-38-78-66(62)87)81-70(92)43-15-8-6-9-16-43)100-56(51)36-98-74(45-18-10-7-11-19-45,46-23-27-49(96-4)28-24-46)47-25-29-50(97-5)30-26-47/h6-31,35,38-41,51,53,55-61,64,89H,32-34,36-37H2,1-5H3,(H,85,91,94)(H,77,78,81,92)(H2,82,83,84,90,93)/t51-,53+,55+,56+,57-,58-,59-,60-,61?,64+,105?/m1/s1. The first-order valence-electron chi connectivity index (χ1n) is 33.7. The molecular weight excluding hydrogens is 1410 g/mol. The van der Waals surface area contributed by atoms with E-state index >= 15 is 4.57 Å². The van der Waals surface area contributed by atoms with E-state index in [0.29, 0.717) is 44.4 Å². The molecule has 31 heteroatoms. The lowest BCUT2D eigenvalue weighted by Crippen LogP contribution is -2.41. The van der Waals surface area contributed by atoms with Crippen LogP contribution in [0.4, 0.5) is 11.8 Å². The Bertz CT molecular complexity index is 5180. The number of halogens is 2. The summed E-state index contributed by atoms with van der Waals surface area (Å²) < 4.78 is 80.9. The van der Waals surface area contributed by atoms with Gasteiger partial charge in [0.15, 0.2) is 28.1 Å². The number of ether oxygens (including phenoxy) is 6. The van der Waals surface area contributed by atoms with Crippen molar-refractivity contribution in [2.75, 3.05) is 38.1 Å². The molecule has 3 fully saturated rings. The molecule has 28 nitrogen and oxygen atoms in total. The van der Waals surface area contributed by atoms with Crippen molar-refractivity contribution < 1.29 is 61.3 Å². The van der Waals surface area contributed by atoms with Crippen LogP contribution in [-0.4, -0.2) is 123 Å². The summed E-state index contributed by atoms with van der Waals surface area (Å²) in [5, 5.41) is 17.6. The number of aromatic amines is 2. The summed E-state index contributed by atoms with van der Waals surface area (Å²) in [6, 6.07) is 46.8. The fourth-order valence-corrected chi connectivity index (χ4v) is 15.5. The number of anilines is 2. The molecule has 14 rings (SSSR count). The second-order valence-corrected chi connectivity index (χ2v) is 28.2. The Kier molecular flexibility index (Phi) is 20.8. The average Bonchev–Trinajstić information content (AvgIpc) is 1.72. The van der Waals surface area contributed by atoms with Gasteiger partial charge in [0.05, 0.1) is 63.4 Å². The number of imidazole rings is 2. The number of phosphoric ester groups is 1. The van der Waals surface area contributed by atoms with Gasteiger partial charge in [-0.2, -0.15) is 4.98 Å². The first-order valence-corrected chi connectivity index (χ1v) is 35.9. The topological polar surface area (TPSA) is 341 Å². The largest absolute Gasteiger partial charge is 0.530 e. The van der Waals surface area contributed by atoms with Crippen LogP contribution in [0, 0.1) is 18.8 Å². The van der Waals surface area contributed by atoms with Gasteiger partial charge in [0.2, 0.25) is 11.9 Å². The maximum absolute atomic E-state index is 16.4. The number of hydrogen-bond acceptors (Lipinski definition) is 21. The quantitative estimate of drug-likeness (QED) is 0.0262. The van der Waals surface area contributed by atoms with Crippen LogP contribution in [-0.2, 0) is 43.0 Å². The molecule has 0 bridgehead atoms. The molecular formula is C74H71Cl2N12O16P. The molecule has 3 aliphatic rings. The van der Waals surface area contributed by atoms with Crippen LogP contribution in [0.1, 0.15) is 95.9 Å². The number of aryl methyl sites for hydroxylation is 1. The summed E-state index contributed by atoms with van der Waals surface area (Å²) in [6.07, 6.45) is -4.28. The van der Waals surface area contributed by atoms with E-state index in [1.807, 2.05) is 84.9 Å². The van der Waals surface area contributed by atoms with Gasteiger partial charge in [0.1, 0.15) is 60.1 Å². The Labute approximate surface area is 609 Å². The first-order chi connectivity index (χ1) is 50.8. The van der Waals surface area contributed by atoms with Crippen LogP contribution in [0.15, 0.2) is 197 Å². The third-order valence-corrected chi connectivity index (χ3v) is 20.9. The van der Waals surface area contributed by atoms with E-state index < -0.39 is 116 Å². The third-order valence-electron chi connectivity index (χ3n) is 18.9. The summed E-state index contributed by atoms with van der Waals surface area (Å²) in [4.78, 5) is 94.6. The number of H-pyrrole nitrogens is 2. The minimum Gasteiger partial charge on any atom is -0.497 e. The Morgan fingerprint density at radius 1 is 0.686 bits per heavy atom. The molecule has 105 heavy (non-hydrogen) atoms. The van der Waals surface area contributed by atoms with Gasteiger partial charge in [0, 0.05) is 52.9 Å². The van der Waals surface area contributed by atoms with Crippen LogP contribution in [0.5, 0.6) is 17.2 Å². The number of carbonyl (C=O) groups is 2. The number of carbonyl (C=O) groups excluding carboxylic acids is 2. The van der Waals surface area contributed by atoms with Gasteiger partial charge in [-0.25, -0.2) is 29.3 Å². The molecule has 5 N–H and O–H groups in total.